The minimum atomic E-state index is -0.447. The number of imidazole rings is 2. The van der Waals surface area contributed by atoms with E-state index in [0.717, 1.165) is 89.6 Å². The molecule has 2 N–H and O–H groups in total. The summed E-state index contributed by atoms with van der Waals surface area (Å²) in [7, 11) is 0. The molecule has 0 saturated heterocycles. The van der Waals surface area contributed by atoms with Gasteiger partial charge in [0.05, 0.1) is 22.1 Å². The molecule has 13 nitrogen and oxygen atoms in total. The van der Waals surface area contributed by atoms with Crippen LogP contribution in [0, 0.1) is 6.92 Å². The van der Waals surface area contributed by atoms with E-state index in [2.05, 4.69) is 43.7 Å². The highest BCUT2D eigenvalue weighted by Crippen LogP contribution is 2.31. The Bertz CT molecular complexity index is 4390. The Morgan fingerprint density at radius 2 is 0.933 bits per heavy atom. The number of benzene rings is 8. The molecule has 14 heteroatoms. The molecule has 0 bridgehead atoms. The van der Waals surface area contributed by atoms with Gasteiger partial charge >= 0.3 is 16.9 Å². The third-order valence-corrected chi connectivity index (χ3v) is 13.2. The molecule has 14 aromatic rings. The van der Waals surface area contributed by atoms with Gasteiger partial charge in [-0.2, -0.15) is 0 Å². The van der Waals surface area contributed by atoms with Gasteiger partial charge in [-0.05, 0) is 127 Å². The fourth-order valence-corrected chi connectivity index (χ4v) is 9.42. The van der Waals surface area contributed by atoms with Gasteiger partial charge in [-0.25, -0.2) is 29.3 Å². The third-order valence-electron chi connectivity index (χ3n) is 13.2. The first-order valence-corrected chi connectivity index (χ1v) is 24.2. The first kappa shape index (κ1) is 47.7. The molecule has 0 amide bonds. The SMILES string of the molecule is CCN(CC)c1ccc2cc(-c3nc4ccc(C)cc4o3)c(=O)oc2c1.Cl.O=c1oc2ccc3ccccc3c2cc1-c1nc2ccccc2[nH]1.O=c1oc2ccc3ccccc3c2cc1-c1nc2ccccc2[nH]1. The number of aryl methyl sites for hydroxylation is 1. The normalized spacial score (nSPS) is 11.3. The van der Waals surface area contributed by atoms with Gasteiger partial charge in [0.2, 0.25) is 5.89 Å². The number of nitrogens with zero attached hydrogens (tertiary/aromatic N) is 4. The standard InChI is InChI=1S/C21H20N2O3.2C20H12N2O2.ClH/c1-4-23(5-2)15-8-7-14-11-16(21(24)26-18(14)12-15)20-22-17-9-6-13(3)10-19(17)25-20;2*23-20-15(19-21-16-7-3-4-8-17(16)22-19)11-14-13-6-2-1-5-12(13)9-10-18(14)24-20;/h6-12H,4-5H2,1-3H3;2*1-11H,(H,21,22);1H. The fraction of sp³-hybridized carbons (Fsp3) is 0.0820. The second-order valence-electron chi connectivity index (χ2n) is 17.8. The molecule has 0 aliphatic rings. The van der Waals surface area contributed by atoms with Crippen molar-refractivity contribution in [2.24, 2.45) is 0 Å². The molecule has 0 aliphatic heterocycles. The average Bonchev–Trinajstić information content (AvgIpc) is 4.18. The van der Waals surface area contributed by atoms with Crippen LogP contribution in [0.2, 0.25) is 0 Å². The number of aromatic nitrogens is 5. The van der Waals surface area contributed by atoms with E-state index in [1.807, 2.05) is 177 Å². The van der Waals surface area contributed by atoms with Crippen molar-refractivity contribution in [1.82, 2.24) is 24.9 Å². The van der Waals surface area contributed by atoms with Crippen molar-refractivity contribution in [3.8, 4) is 34.2 Å². The van der Waals surface area contributed by atoms with Crippen LogP contribution >= 0.6 is 12.4 Å². The summed E-state index contributed by atoms with van der Waals surface area (Å²) >= 11 is 0. The lowest BCUT2D eigenvalue weighted by atomic mass is 10.0. The van der Waals surface area contributed by atoms with E-state index < -0.39 is 16.9 Å². The van der Waals surface area contributed by atoms with E-state index in [1.165, 1.54) is 0 Å². The van der Waals surface area contributed by atoms with E-state index in [-0.39, 0.29) is 18.3 Å². The van der Waals surface area contributed by atoms with Crippen LogP contribution in [0.25, 0.3) is 122 Å². The van der Waals surface area contributed by atoms with E-state index in [4.69, 9.17) is 17.7 Å². The van der Waals surface area contributed by atoms with E-state index in [1.54, 1.807) is 6.07 Å². The van der Waals surface area contributed by atoms with Gasteiger partial charge in [0.25, 0.3) is 0 Å². The lowest BCUT2D eigenvalue weighted by Gasteiger charge is -2.20. The maximum atomic E-state index is 12.5. The number of fused-ring (bicyclic) bond motifs is 10. The van der Waals surface area contributed by atoms with E-state index in [9.17, 15) is 14.4 Å². The number of anilines is 1. The highest BCUT2D eigenvalue weighted by atomic mass is 35.5. The summed E-state index contributed by atoms with van der Waals surface area (Å²) in [5, 5.41) is 6.97. The lowest BCUT2D eigenvalue weighted by molar-refractivity contribution is 0.553. The lowest BCUT2D eigenvalue weighted by Crippen LogP contribution is -2.21. The first-order valence-electron chi connectivity index (χ1n) is 24.2. The molecule has 0 unspecified atom stereocenters. The minimum absolute atomic E-state index is 0. The number of para-hydroxylation sites is 4. The van der Waals surface area contributed by atoms with Crippen LogP contribution < -0.4 is 21.8 Å². The van der Waals surface area contributed by atoms with Crippen molar-refractivity contribution in [3.63, 3.8) is 0 Å². The number of H-pyrrole nitrogens is 2. The number of aromatic amines is 2. The molecule has 8 aromatic carbocycles. The van der Waals surface area contributed by atoms with Gasteiger partial charge < -0.3 is 32.5 Å². The Morgan fingerprint density at radius 3 is 1.49 bits per heavy atom. The van der Waals surface area contributed by atoms with Crippen LogP contribution in [0.5, 0.6) is 0 Å². The zero-order chi connectivity index (χ0) is 50.5. The maximum Gasteiger partial charge on any atom is 0.349 e. The fourth-order valence-electron chi connectivity index (χ4n) is 9.42. The molecular weight excluding hydrogens is 964 g/mol. The van der Waals surface area contributed by atoms with Crippen LogP contribution in [0.3, 0.4) is 0 Å². The number of rotatable bonds is 6. The zero-order valence-electron chi connectivity index (χ0n) is 40.7. The third kappa shape index (κ3) is 9.06. The molecule has 0 atom stereocenters. The number of hydrogen-bond donors (Lipinski definition) is 2. The van der Waals surface area contributed by atoms with Crippen molar-refractivity contribution in [2.75, 3.05) is 18.0 Å². The highest BCUT2D eigenvalue weighted by molar-refractivity contribution is 6.07. The first-order chi connectivity index (χ1) is 36.2. The predicted molar refractivity (Wildman–Crippen MR) is 301 cm³/mol. The molecule has 0 saturated carbocycles. The monoisotopic (exact) mass is 1010 g/mol. The summed E-state index contributed by atoms with van der Waals surface area (Å²) in [6.45, 7) is 7.97. The Balaban J connectivity index is 0.000000120. The maximum absolute atomic E-state index is 12.5. The minimum Gasteiger partial charge on any atom is -0.436 e. The van der Waals surface area contributed by atoms with Crippen LogP contribution in [-0.2, 0) is 0 Å². The molecule has 0 aliphatic carbocycles. The van der Waals surface area contributed by atoms with Gasteiger partial charge in [-0.3, -0.25) is 0 Å². The van der Waals surface area contributed by atoms with Crippen LogP contribution in [0.4, 0.5) is 5.69 Å². The van der Waals surface area contributed by atoms with Crippen molar-refractivity contribution in [2.45, 2.75) is 20.8 Å². The number of halogens is 1. The summed E-state index contributed by atoms with van der Waals surface area (Å²) < 4.78 is 22.4. The summed E-state index contributed by atoms with van der Waals surface area (Å²) in [5.74, 6) is 1.34. The topological polar surface area (TPSA) is 177 Å². The van der Waals surface area contributed by atoms with Gasteiger partial charge in [-0.1, -0.05) is 91.0 Å². The number of nitrogens with one attached hydrogen (secondary N) is 2. The molecule has 368 valence electrons. The summed E-state index contributed by atoms with van der Waals surface area (Å²) in [6.07, 6.45) is 0. The summed E-state index contributed by atoms with van der Waals surface area (Å²) in [5.41, 5.74) is 8.65. The molecule has 14 rings (SSSR count). The average molecular weight is 1010 g/mol. The predicted octanol–water partition coefficient (Wildman–Crippen LogP) is 14.2. The van der Waals surface area contributed by atoms with Crippen molar-refractivity contribution in [3.05, 3.63) is 213 Å². The molecule has 0 spiro atoms. The zero-order valence-corrected chi connectivity index (χ0v) is 41.5. The number of hydrogen-bond acceptors (Lipinski definition) is 11. The molecule has 0 radical (unpaired) electrons. The molecule has 75 heavy (non-hydrogen) atoms. The highest BCUT2D eigenvalue weighted by Gasteiger charge is 2.18. The summed E-state index contributed by atoms with van der Waals surface area (Å²) in [4.78, 5) is 59.4. The largest absolute Gasteiger partial charge is 0.436 e. The van der Waals surface area contributed by atoms with Gasteiger partial charge in [0.1, 0.15) is 50.6 Å². The molecular formula is C61H45ClN6O7. The number of oxazole rings is 1. The second-order valence-corrected chi connectivity index (χ2v) is 17.8. The van der Waals surface area contributed by atoms with Gasteiger partial charge in [0.15, 0.2) is 5.58 Å². The van der Waals surface area contributed by atoms with E-state index >= 15 is 0 Å². The Hall–Kier alpha value is -9.59. The van der Waals surface area contributed by atoms with Crippen LogP contribution in [-0.4, -0.2) is 38.0 Å². The molecule has 0 fully saturated rings. The Labute approximate surface area is 432 Å². The molecule has 6 aromatic heterocycles. The van der Waals surface area contributed by atoms with Gasteiger partial charge in [0, 0.05) is 41.0 Å². The van der Waals surface area contributed by atoms with E-state index in [0.29, 0.717) is 50.7 Å². The van der Waals surface area contributed by atoms with Crippen molar-refractivity contribution < 1.29 is 17.7 Å². The smallest absolute Gasteiger partial charge is 0.349 e. The van der Waals surface area contributed by atoms with Crippen LogP contribution in [0.1, 0.15) is 19.4 Å². The van der Waals surface area contributed by atoms with Crippen molar-refractivity contribution in [1.29, 1.82) is 0 Å². The summed E-state index contributed by atoms with van der Waals surface area (Å²) in [6, 6.07) is 56.2. The van der Waals surface area contributed by atoms with Crippen LogP contribution in [0.15, 0.2) is 208 Å². The van der Waals surface area contributed by atoms with Gasteiger partial charge in [-0.15, -0.1) is 12.4 Å². The second kappa shape index (κ2) is 19.8. The quantitative estimate of drug-likeness (QED) is 0.120. The molecule has 6 heterocycles. The Morgan fingerprint density at radius 1 is 0.427 bits per heavy atom. The Kier molecular flexibility index (Phi) is 12.6. The van der Waals surface area contributed by atoms with Crippen molar-refractivity contribution >= 4 is 106 Å².